The topological polar surface area (TPSA) is 77.5 Å². The van der Waals surface area contributed by atoms with Gasteiger partial charge in [-0.2, -0.15) is 5.26 Å². The maximum atomic E-state index is 13.5. The molecule has 1 aliphatic heterocycles. The fourth-order valence-corrected chi connectivity index (χ4v) is 3.98. The van der Waals surface area contributed by atoms with Gasteiger partial charge in [0.25, 0.3) is 0 Å². The lowest BCUT2D eigenvalue weighted by Gasteiger charge is -2.49. The van der Waals surface area contributed by atoms with Gasteiger partial charge in [-0.25, -0.2) is 4.39 Å². The van der Waals surface area contributed by atoms with Gasteiger partial charge in [0.2, 0.25) is 5.54 Å². The van der Waals surface area contributed by atoms with Crippen molar-refractivity contribution >= 4 is 10.8 Å². The molecule has 28 heavy (non-hydrogen) atoms. The van der Waals surface area contributed by atoms with E-state index >= 15 is 0 Å². The van der Waals surface area contributed by atoms with E-state index in [4.69, 9.17) is 19.9 Å². The average molecular weight is 378 g/mol. The molecule has 1 heterocycles. The molecule has 2 unspecified atom stereocenters. The summed E-state index contributed by atoms with van der Waals surface area (Å²) in [7, 11) is 2.75. The first kappa shape index (κ1) is 18.4. The van der Waals surface area contributed by atoms with Crippen molar-refractivity contribution in [2.24, 2.45) is 5.73 Å². The Hall–Kier alpha value is -2.98. The van der Waals surface area contributed by atoms with Gasteiger partial charge in [-0.1, -0.05) is 48.5 Å². The first-order valence-electron chi connectivity index (χ1n) is 8.76. The van der Waals surface area contributed by atoms with Crippen LogP contribution in [-0.4, -0.2) is 25.7 Å². The van der Waals surface area contributed by atoms with Crippen LogP contribution in [0.5, 0.6) is 5.75 Å². The molecule has 5 nitrogen and oxygen atoms in total. The van der Waals surface area contributed by atoms with E-state index in [0.29, 0.717) is 16.9 Å². The van der Waals surface area contributed by atoms with Crippen molar-refractivity contribution in [3.63, 3.8) is 0 Å². The fraction of sp³-hybridized carbons (Fsp3) is 0.227. The molecule has 142 valence electrons. The third kappa shape index (κ3) is 2.41. The van der Waals surface area contributed by atoms with Crippen LogP contribution in [0.3, 0.4) is 0 Å². The number of nitriles is 1. The lowest BCUT2D eigenvalue weighted by molar-refractivity contribution is -0.352. The van der Waals surface area contributed by atoms with E-state index in [1.165, 1.54) is 26.4 Å². The molecule has 0 fully saturated rings. The number of nitrogens with zero attached hydrogens (tertiary/aromatic N) is 1. The van der Waals surface area contributed by atoms with Gasteiger partial charge in [0.1, 0.15) is 11.6 Å². The van der Waals surface area contributed by atoms with Crippen LogP contribution in [0.1, 0.15) is 17.0 Å². The zero-order chi connectivity index (χ0) is 19.9. The standard InChI is InChI=1S/C22H19FN2O3/c1-26-22(27-2)21(25,13-24)19(15-7-10-16(23)11-8-15)18-12-9-14-5-3-4-6-17(14)20(18)28-22/h3-12,19H,25H2,1-2H3. The first-order valence-corrected chi connectivity index (χ1v) is 8.76. The summed E-state index contributed by atoms with van der Waals surface area (Å²) in [6, 6.07) is 19.6. The van der Waals surface area contributed by atoms with Crippen LogP contribution >= 0.6 is 0 Å². The summed E-state index contributed by atoms with van der Waals surface area (Å²) in [6.45, 7) is 0. The second kappa shape index (κ2) is 6.57. The number of hydrogen-bond acceptors (Lipinski definition) is 5. The fourth-order valence-electron chi connectivity index (χ4n) is 3.98. The molecule has 0 saturated carbocycles. The minimum absolute atomic E-state index is 0.376. The molecule has 0 amide bonds. The van der Waals surface area contributed by atoms with Crippen LogP contribution in [0.2, 0.25) is 0 Å². The summed E-state index contributed by atoms with van der Waals surface area (Å²) in [5.74, 6) is -2.38. The minimum Gasteiger partial charge on any atom is -0.436 e. The minimum atomic E-state index is -1.85. The third-order valence-corrected chi connectivity index (χ3v) is 5.35. The average Bonchev–Trinajstić information content (AvgIpc) is 2.74. The maximum Gasteiger partial charge on any atom is 0.360 e. The summed E-state index contributed by atoms with van der Waals surface area (Å²) >= 11 is 0. The maximum absolute atomic E-state index is 13.5. The molecule has 3 aromatic carbocycles. The van der Waals surface area contributed by atoms with E-state index < -0.39 is 17.4 Å². The van der Waals surface area contributed by atoms with Crippen molar-refractivity contribution in [3.8, 4) is 11.8 Å². The van der Waals surface area contributed by atoms with Crippen molar-refractivity contribution in [1.29, 1.82) is 5.26 Å². The highest BCUT2D eigenvalue weighted by Gasteiger charge is 2.63. The molecular weight excluding hydrogens is 359 g/mol. The molecule has 1 aliphatic rings. The lowest BCUT2D eigenvalue weighted by atomic mass is 9.72. The van der Waals surface area contributed by atoms with Crippen molar-refractivity contribution in [2.75, 3.05) is 14.2 Å². The molecule has 0 saturated heterocycles. The molecule has 6 heteroatoms. The predicted molar refractivity (Wildman–Crippen MR) is 102 cm³/mol. The van der Waals surface area contributed by atoms with Crippen LogP contribution in [0.4, 0.5) is 4.39 Å². The summed E-state index contributed by atoms with van der Waals surface area (Å²) in [5, 5.41) is 11.9. The molecule has 0 aliphatic carbocycles. The molecule has 0 bridgehead atoms. The monoisotopic (exact) mass is 378 g/mol. The van der Waals surface area contributed by atoms with E-state index in [0.717, 1.165) is 10.8 Å². The molecular formula is C22H19FN2O3. The Morgan fingerprint density at radius 3 is 2.36 bits per heavy atom. The number of ether oxygens (including phenoxy) is 3. The summed E-state index contributed by atoms with van der Waals surface area (Å²) in [5.41, 5.74) is 6.23. The Morgan fingerprint density at radius 2 is 1.71 bits per heavy atom. The Bertz CT molecular complexity index is 1070. The highest BCUT2D eigenvalue weighted by Crippen LogP contribution is 2.52. The smallest absolute Gasteiger partial charge is 0.360 e. The van der Waals surface area contributed by atoms with Gasteiger partial charge < -0.3 is 19.9 Å². The molecule has 0 radical (unpaired) electrons. The molecule has 0 spiro atoms. The normalized spacial score (nSPS) is 22.9. The molecule has 2 atom stereocenters. The van der Waals surface area contributed by atoms with Gasteiger partial charge >= 0.3 is 5.97 Å². The van der Waals surface area contributed by atoms with Gasteiger partial charge in [0.05, 0.1) is 12.0 Å². The third-order valence-electron chi connectivity index (χ3n) is 5.35. The zero-order valence-electron chi connectivity index (χ0n) is 15.5. The number of methoxy groups -OCH3 is 2. The highest BCUT2D eigenvalue weighted by atomic mass is 19.1. The van der Waals surface area contributed by atoms with E-state index in [9.17, 15) is 9.65 Å². The van der Waals surface area contributed by atoms with Crippen molar-refractivity contribution < 1.29 is 18.6 Å². The quantitative estimate of drug-likeness (QED) is 0.704. The van der Waals surface area contributed by atoms with E-state index in [1.807, 2.05) is 36.4 Å². The second-order valence-corrected chi connectivity index (χ2v) is 6.74. The number of fused-ring (bicyclic) bond motifs is 3. The van der Waals surface area contributed by atoms with Crippen molar-refractivity contribution in [2.45, 2.75) is 17.4 Å². The number of halogens is 1. The Morgan fingerprint density at radius 1 is 1.04 bits per heavy atom. The highest BCUT2D eigenvalue weighted by molar-refractivity contribution is 5.90. The van der Waals surface area contributed by atoms with Gasteiger partial charge in [0, 0.05) is 25.2 Å². The molecule has 2 N–H and O–H groups in total. The molecule has 3 aromatic rings. The van der Waals surface area contributed by atoms with Gasteiger partial charge in [-0.15, -0.1) is 0 Å². The van der Waals surface area contributed by atoms with Gasteiger partial charge in [-0.3, -0.25) is 0 Å². The van der Waals surface area contributed by atoms with Crippen LogP contribution in [-0.2, 0) is 9.47 Å². The Labute approximate surface area is 162 Å². The zero-order valence-corrected chi connectivity index (χ0v) is 15.5. The van der Waals surface area contributed by atoms with E-state index in [2.05, 4.69) is 6.07 Å². The number of hydrogen-bond donors (Lipinski definition) is 1. The number of rotatable bonds is 3. The Kier molecular flexibility index (Phi) is 4.31. The van der Waals surface area contributed by atoms with Crippen molar-refractivity contribution in [1.82, 2.24) is 0 Å². The predicted octanol–water partition coefficient (Wildman–Crippen LogP) is 3.67. The summed E-state index contributed by atoms with van der Waals surface area (Å²) in [6.07, 6.45) is 0. The van der Waals surface area contributed by atoms with E-state index in [-0.39, 0.29) is 5.82 Å². The van der Waals surface area contributed by atoms with Crippen LogP contribution in [0.25, 0.3) is 10.8 Å². The largest absolute Gasteiger partial charge is 0.436 e. The summed E-state index contributed by atoms with van der Waals surface area (Å²) < 4.78 is 30.8. The molecule has 0 aromatic heterocycles. The number of nitrogens with two attached hydrogens (primary N) is 1. The van der Waals surface area contributed by atoms with Crippen LogP contribution in [0, 0.1) is 17.1 Å². The lowest BCUT2D eigenvalue weighted by Crippen LogP contribution is -2.70. The van der Waals surface area contributed by atoms with Crippen LogP contribution in [0.15, 0.2) is 60.7 Å². The number of benzene rings is 3. The van der Waals surface area contributed by atoms with E-state index in [1.54, 1.807) is 12.1 Å². The van der Waals surface area contributed by atoms with Crippen LogP contribution < -0.4 is 10.5 Å². The Balaban J connectivity index is 2.08. The van der Waals surface area contributed by atoms with Crippen molar-refractivity contribution in [3.05, 3.63) is 77.6 Å². The van der Waals surface area contributed by atoms with Gasteiger partial charge in [0.15, 0.2) is 0 Å². The van der Waals surface area contributed by atoms with Gasteiger partial charge in [-0.05, 0) is 23.1 Å². The molecule has 4 rings (SSSR count). The SMILES string of the molecule is COC1(OC)Oc2c(ccc3ccccc23)C(c2ccc(F)cc2)C1(N)C#N. The second-order valence-electron chi connectivity index (χ2n) is 6.74. The first-order chi connectivity index (χ1) is 13.5. The summed E-state index contributed by atoms with van der Waals surface area (Å²) in [4.78, 5) is 0.